The number of halogens is 2. The summed E-state index contributed by atoms with van der Waals surface area (Å²) < 4.78 is 0. The maximum absolute atomic E-state index is 6.11. The van der Waals surface area contributed by atoms with Gasteiger partial charge < -0.3 is 4.98 Å². The Balaban J connectivity index is 1.98. The van der Waals surface area contributed by atoms with Crippen molar-refractivity contribution in [2.75, 3.05) is 0 Å². The molecule has 3 heteroatoms. The molecular formula is C18H11Cl2N. The summed E-state index contributed by atoms with van der Waals surface area (Å²) in [6.45, 7) is 0. The summed E-state index contributed by atoms with van der Waals surface area (Å²) in [6, 6.07) is 20.5. The van der Waals surface area contributed by atoms with Crippen LogP contribution in [0.1, 0.15) is 0 Å². The average Bonchev–Trinajstić information content (AvgIpc) is 2.94. The number of aromatic nitrogens is 1. The van der Waals surface area contributed by atoms with Crippen LogP contribution in [0.2, 0.25) is 10.0 Å². The fourth-order valence-electron chi connectivity index (χ4n) is 2.70. The Morgan fingerprint density at radius 3 is 2.43 bits per heavy atom. The van der Waals surface area contributed by atoms with Crippen molar-refractivity contribution in [1.82, 2.24) is 4.98 Å². The van der Waals surface area contributed by atoms with Gasteiger partial charge in [0.2, 0.25) is 0 Å². The lowest BCUT2D eigenvalue weighted by atomic mass is 10.1. The van der Waals surface area contributed by atoms with Crippen LogP contribution in [-0.4, -0.2) is 4.98 Å². The molecule has 21 heavy (non-hydrogen) atoms. The van der Waals surface area contributed by atoms with Gasteiger partial charge in [-0.3, -0.25) is 0 Å². The normalized spacial score (nSPS) is 11.3. The molecule has 1 aromatic heterocycles. The molecule has 1 nitrogen and oxygen atoms in total. The van der Waals surface area contributed by atoms with E-state index in [1.54, 1.807) is 0 Å². The van der Waals surface area contributed by atoms with Crippen LogP contribution in [0.15, 0.2) is 60.7 Å². The van der Waals surface area contributed by atoms with Crippen molar-refractivity contribution >= 4 is 44.9 Å². The van der Waals surface area contributed by atoms with Crippen LogP contribution < -0.4 is 0 Å². The van der Waals surface area contributed by atoms with E-state index < -0.39 is 0 Å². The fraction of sp³-hybridized carbons (Fsp3) is 0. The summed E-state index contributed by atoms with van der Waals surface area (Å²) in [5.74, 6) is 0. The van der Waals surface area contributed by atoms with E-state index in [-0.39, 0.29) is 0 Å². The second kappa shape index (κ2) is 4.80. The summed E-state index contributed by atoms with van der Waals surface area (Å²) in [4.78, 5) is 3.45. The van der Waals surface area contributed by atoms with Gasteiger partial charge >= 0.3 is 0 Å². The molecule has 1 heterocycles. The van der Waals surface area contributed by atoms with Crippen LogP contribution in [-0.2, 0) is 0 Å². The van der Waals surface area contributed by atoms with E-state index in [1.165, 1.54) is 16.2 Å². The van der Waals surface area contributed by atoms with Gasteiger partial charge in [0, 0.05) is 16.6 Å². The van der Waals surface area contributed by atoms with Crippen LogP contribution in [0.4, 0.5) is 0 Å². The molecule has 0 bridgehead atoms. The number of H-pyrrole nitrogens is 1. The van der Waals surface area contributed by atoms with Gasteiger partial charge in [-0.25, -0.2) is 0 Å². The second-order valence-electron chi connectivity index (χ2n) is 5.06. The Labute approximate surface area is 132 Å². The van der Waals surface area contributed by atoms with Gasteiger partial charge in [-0.2, -0.15) is 0 Å². The molecule has 1 N–H and O–H groups in total. The Kier molecular flexibility index (Phi) is 2.91. The molecular weight excluding hydrogens is 301 g/mol. The Bertz CT molecular complexity index is 969. The minimum atomic E-state index is 0.567. The first-order valence-corrected chi connectivity index (χ1v) is 7.44. The van der Waals surface area contributed by atoms with Crippen molar-refractivity contribution in [2.45, 2.75) is 0 Å². The second-order valence-corrected chi connectivity index (χ2v) is 5.87. The van der Waals surface area contributed by atoms with Crippen molar-refractivity contribution in [1.29, 1.82) is 0 Å². The molecule has 3 aromatic carbocycles. The van der Waals surface area contributed by atoms with E-state index in [9.17, 15) is 0 Å². The van der Waals surface area contributed by atoms with Gasteiger partial charge in [0.05, 0.1) is 10.0 Å². The molecule has 0 aliphatic heterocycles. The predicted molar refractivity (Wildman–Crippen MR) is 91.3 cm³/mol. The van der Waals surface area contributed by atoms with E-state index in [1.807, 2.05) is 18.2 Å². The van der Waals surface area contributed by atoms with Crippen molar-refractivity contribution in [3.05, 3.63) is 70.7 Å². The van der Waals surface area contributed by atoms with Crippen molar-refractivity contribution in [3.63, 3.8) is 0 Å². The zero-order valence-corrected chi connectivity index (χ0v) is 12.5. The molecule has 0 aliphatic rings. The van der Waals surface area contributed by atoms with Crippen LogP contribution in [0.3, 0.4) is 0 Å². The molecule has 4 aromatic rings. The van der Waals surface area contributed by atoms with Crippen LogP contribution in [0.25, 0.3) is 32.9 Å². The predicted octanol–water partition coefficient (Wildman–Crippen LogP) is 6.29. The molecule has 4 rings (SSSR count). The Morgan fingerprint density at radius 1 is 0.714 bits per heavy atom. The monoisotopic (exact) mass is 311 g/mol. The van der Waals surface area contributed by atoms with E-state index in [4.69, 9.17) is 23.2 Å². The quantitative estimate of drug-likeness (QED) is 0.425. The molecule has 0 radical (unpaired) electrons. The number of rotatable bonds is 1. The number of nitrogens with one attached hydrogen (secondary N) is 1. The van der Waals surface area contributed by atoms with E-state index >= 15 is 0 Å². The smallest absolute Gasteiger partial charge is 0.0599 e. The molecule has 0 unspecified atom stereocenters. The van der Waals surface area contributed by atoms with Gasteiger partial charge in [-0.05, 0) is 40.6 Å². The summed E-state index contributed by atoms with van der Waals surface area (Å²) >= 11 is 12.1. The highest BCUT2D eigenvalue weighted by Crippen LogP contribution is 2.32. The van der Waals surface area contributed by atoms with E-state index in [0.29, 0.717) is 10.0 Å². The topological polar surface area (TPSA) is 15.8 Å². The zero-order chi connectivity index (χ0) is 14.4. The molecule has 0 aliphatic carbocycles. The van der Waals surface area contributed by atoms with Gasteiger partial charge in [-0.15, -0.1) is 0 Å². The lowest BCUT2D eigenvalue weighted by Crippen LogP contribution is -1.77. The molecule has 0 saturated carbocycles. The molecule has 102 valence electrons. The number of fused-ring (bicyclic) bond motifs is 3. The maximum Gasteiger partial charge on any atom is 0.0599 e. The number of hydrogen-bond acceptors (Lipinski definition) is 0. The molecule has 0 saturated heterocycles. The molecule has 0 atom stereocenters. The van der Waals surface area contributed by atoms with E-state index in [2.05, 4.69) is 47.4 Å². The Hall–Kier alpha value is -1.96. The highest BCUT2D eigenvalue weighted by atomic mass is 35.5. The van der Waals surface area contributed by atoms with Gasteiger partial charge in [0.25, 0.3) is 0 Å². The zero-order valence-electron chi connectivity index (χ0n) is 11.0. The van der Waals surface area contributed by atoms with Crippen LogP contribution in [0, 0.1) is 0 Å². The summed E-state index contributed by atoms with van der Waals surface area (Å²) in [5.41, 5.74) is 3.19. The fourth-order valence-corrected chi connectivity index (χ4v) is 3.00. The minimum absolute atomic E-state index is 0.567. The first-order chi connectivity index (χ1) is 10.2. The standard InChI is InChI=1S/C18H11Cl2N/c19-15-7-5-12(9-16(15)20)18-10-14-13-4-2-1-3-11(13)6-8-17(14)21-18/h1-10,21H. The largest absolute Gasteiger partial charge is 0.355 e. The van der Waals surface area contributed by atoms with Crippen LogP contribution >= 0.6 is 23.2 Å². The van der Waals surface area contributed by atoms with Crippen molar-refractivity contribution < 1.29 is 0 Å². The van der Waals surface area contributed by atoms with Gasteiger partial charge in [0.1, 0.15) is 0 Å². The van der Waals surface area contributed by atoms with Crippen molar-refractivity contribution in [3.8, 4) is 11.3 Å². The molecule has 0 amide bonds. The average molecular weight is 312 g/mol. The highest BCUT2D eigenvalue weighted by molar-refractivity contribution is 6.42. The third-order valence-corrected chi connectivity index (χ3v) is 4.50. The highest BCUT2D eigenvalue weighted by Gasteiger charge is 2.08. The molecule has 0 fully saturated rings. The lowest BCUT2D eigenvalue weighted by Gasteiger charge is -2.00. The minimum Gasteiger partial charge on any atom is -0.355 e. The van der Waals surface area contributed by atoms with Crippen molar-refractivity contribution in [2.24, 2.45) is 0 Å². The Morgan fingerprint density at radius 2 is 1.57 bits per heavy atom. The van der Waals surface area contributed by atoms with Gasteiger partial charge in [-0.1, -0.05) is 59.6 Å². The summed E-state index contributed by atoms with van der Waals surface area (Å²) in [6.07, 6.45) is 0. The summed E-state index contributed by atoms with van der Waals surface area (Å²) in [5, 5.41) is 4.84. The van der Waals surface area contributed by atoms with Crippen LogP contribution in [0.5, 0.6) is 0 Å². The SMILES string of the molecule is Clc1ccc(-c2cc3c(ccc4ccccc43)[nH]2)cc1Cl. The number of aromatic amines is 1. The maximum atomic E-state index is 6.11. The first kappa shape index (κ1) is 12.8. The summed E-state index contributed by atoms with van der Waals surface area (Å²) in [7, 11) is 0. The first-order valence-electron chi connectivity index (χ1n) is 6.68. The van der Waals surface area contributed by atoms with Gasteiger partial charge in [0.15, 0.2) is 0 Å². The molecule has 0 spiro atoms. The third-order valence-electron chi connectivity index (χ3n) is 3.76. The lowest BCUT2D eigenvalue weighted by molar-refractivity contribution is 1.45. The van der Waals surface area contributed by atoms with E-state index in [0.717, 1.165) is 16.8 Å². The third kappa shape index (κ3) is 2.10. The number of hydrogen-bond donors (Lipinski definition) is 1. The number of benzene rings is 3.